The minimum atomic E-state index is 0.360. The summed E-state index contributed by atoms with van der Waals surface area (Å²) in [6, 6.07) is 14.9. The summed E-state index contributed by atoms with van der Waals surface area (Å²) < 4.78 is 0.611. The third kappa shape index (κ3) is 3.02. The minimum absolute atomic E-state index is 0.360. The Morgan fingerprint density at radius 2 is 1.45 bits per heavy atom. The Balaban J connectivity index is 1.91. The number of nitrogens with zero attached hydrogens (tertiary/aromatic N) is 1. The van der Waals surface area contributed by atoms with E-state index in [9.17, 15) is 5.11 Å². The number of rotatable bonds is 3. The lowest BCUT2D eigenvalue weighted by Crippen LogP contribution is -2.34. The molecule has 1 aliphatic rings. The monoisotopic (exact) mass is 296 g/mol. The summed E-state index contributed by atoms with van der Waals surface area (Å²) >= 11 is 0. The Hall–Kier alpha value is -1.80. The molecule has 1 aliphatic carbocycles. The van der Waals surface area contributed by atoms with Crippen LogP contribution < -0.4 is 4.48 Å². The molecule has 22 heavy (non-hydrogen) atoms. The van der Waals surface area contributed by atoms with Crippen LogP contribution >= 0.6 is 0 Å². The molecule has 2 nitrogen and oxygen atoms in total. The van der Waals surface area contributed by atoms with Crippen LogP contribution in [0.5, 0.6) is 5.75 Å². The number of hydrogen-bond acceptors (Lipinski definition) is 1. The zero-order valence-corrected chi connectivity index (χ0v) is 13.8. The van der Waals surface area contributed by atoms with Crippen molar-refractivity contribution < 1.29 is 5.11 Å². The van der Waals surface area contributed by atoms with Gasteiger partial charge in [0.25, 0.3) is 0 Å². The molecule has 0 spiro atoms. The lowest BCUT2D eigenvalue weighted by atomic mass is 9.95. The smallest absolute Gasteiger partial charge is 0.177 e. The molecule has 1 N–H and O–H groups in total. The van der Waals surface area contributed by atoms with Crippen LogP contribution in [0.4, 0.5) is 5.69 Å². The van der Waals surface area contributed by atoms with Crippen LogP contribution in [0, 0.1) is 0 Å². The maximum atomic E-state index is 10.1. The van der Waals surface area contributed by atoms with Crippen molar-refractivity contribution in [1.29, 1.82) is 0 Å². The average molecular weight is 296 g/mol. The Kier molecular flexibility index (Phi) is 3.96. The topological polar surface area (TPSA) is 20.2 Å². The molecular weight excluding hydrogens is 270 g/mol. The van der Waals surface area contributed by atoms with Crippen LogP contribution in [0.15, 0.2) is 42.5 Å². The first-order valence-corrected chi connectivity index (χ1v) is 8.20. The maximum absolute atomic E-state index is 10.1. The van der Waals surface area contributed by atoms with Crippen LogP contribution in [0.3, 0.4) is 0 Å². The van der Waals surface area contributed by atoms with Crippen molar-refractivity contribution in [3.8, 4) is 16.9 Å². The first-order valence-electron chi connectivity index (χ1n) is 8.20. The van der Waals surface area contributed by atoms with Crippen molar-refractivity contribution in [2.24, 2.45) is 0 Å². The number of hydrogen-bond donors (Lipinski definition) is 1. The van der Waals surface area contributed by atoms with Gasteiger partial charge in [-0.05, 0) is 41.5 Å². The number of phenolic OH excluding ortho intramolecular Hbond substituents is 1. The Morgan fingerprint density at radius 3 is 2.05 bits per heavy atom. The molecule has 0 radical (unpaired) electrons. The fourth-order valence-corrected chi connectivity index (χ4v) is 3.45. The predicted molar refractivity (Wildman–Crippen MR) is 94.3 cm³/mol. The Bertz CT molecular complexity index is 646. The second-order valence-corrected chi connectivity index (χ2v) is 7.32. The maximum Gasteiger partial charge on any atom is 0.177 e. The van der Waals surface area contributed by atoms with Gasteiger partial charge in [0, 0.05) is 6.07 Å². The summed E-state index contributed by atoms with van der Waals surface area (Å²) in [5, 5.41) is 10.1. The number of aromatic hydroxyl groups is 1. The van der Waals surface area contributed by atoms with Crippen molar-refractivity contribution in [1.82, 2.24) is 4.48 Å². The molecule has 2 aromatic carbocycles. The van der Waals surface area contributed by atoms with Gasteiger partial charge in [-0.25, -0.2) is 0 Å². The fraction of sp³-hybridized carbons (Fsp3) is 0.400. The van der Waals surface area contributed by atoms with Gasteiger partial charge in [-0.3, -0.25) is 4.48 Å². The average Bonchev–Trinajstić information content (AvgIpc) is 3.01. The Labute approximate surface area is 133 Å². The van der Waals surface area contributed by atoms with Crippen LogP contribution in [0.2, 0.25) is 0 Å². The zero-order chi connectivity index (χ0) is 15.7. The van der Waals surface area contributed by atoms with E-state index in [-0.39, 0.29) is 0 Å². The third-order valence-corrected chi connectivity index (χ3v) is 4.77. The van der Waals surface area contributed by atoms with Gasteiger partial charge in [0.1, 0.15) is 0 Å². The van der Waals surface area contributed by atoms with E-state index in [1.54, 1.807) is 6.07 Å². The first-order chi connectivity index (χ1) is 10.4. The molecule has 0 unspecified atom stereocenters. The number of quaternary nitrogens is 1. The summed E-state index contributed by atoms with van der Waals surface area (Å²) in [6.45, 7) is 0. The highest BCUT2D eigenvalue weighted by Crippen LogP contribution is 2.37. The second-order valence-electron chi connectivity index (χ2n) is 7.32. The second kappa shape index (κ2) is 5.77. The van der Waals surface area contributed by atoms with E-state index in [1.165, 1.54) is 42.4 Å². The van der Waals surface area contributed by atoms with Gasteiger partial charge in [0.05, 0.1) is 21.1 Å². The highest BCUT2D eigenvalue weighted by atomic mass is 16.3. The molecular formula is C20H26NO+. The molecule has 116 valence electrons. The molecule has 3 rings (SSSR count). The van der Waals surface area contributed by atoms with E-state index in [4.69, 9.17) is 0 Å². The number of phenols is 1. The molecule has 2 heteroatoms. The van der Waals surface area contributed by atoms with Crippen LogP contribution in [0.25, 0.3) is 11.1 Å². The van der Waals surface area contributed by atoms with Crippen molar-refractivity contribution >= 4 is 5.69 Å². The fourth-order valence-electron chi connectivity index (χ4n) is 3.45. The van der Waals surface area contributed by atoms with Gasteiger partial charge in [-0.2, -0.15) is 0 Å². The van der Waals surface area contributed by atoms with E-state index < -0.39 is 0 Å². The summed E-state index contributed by atoms with van der Waals surface area (Å²) in [7, 11) is 6.21. The minimum Gasteiger partial charge on any atom is -0.503 e. The summed E-state index contributed by atoms with van der Waals surface area (Å²) in [6.07, 6.45) is 5.42. The van der Waals surface area contributed by atoms with Gasteiger partial charge in [-0.1, -0.05) is 43.2 Å². The van der Waals surface area contributed by atoms with E-state index >= 15 is 0 Å². The molecule has 0 aromatic heterocycles. The standard InChI is InChI=1S/C20H25NO/c1-21(2,3)19-14-18(12-13-20(19)22)17-10-8-16(9-11-17)15-6-4-5-7-15/h8-15H,4-7H2,1-3H3/p+1. The van der Waals surface area contributed by atoms with E-state index in [0.717, 1.165) is 11.6 Å². The molecule has 0 saturated heterocycles. The molecule has 0 aliphatic heterocycles. The lowest BCUT2D eigenvalue weighted by molar-refractivity contribution is 0.426. The van der Waals surface area contributed by atoms with E-state index in [1.807, 2.05) is 6.07 Å². The summed E-state index contributed by atoms with van der Waals surface area (Å²) in [5.41, 5.74) is 4.81. The van der Waals surface area contributed by atoms with Gasteiger partial charge in [0.15, 0.2) is 11.4 Å². The van der Waals surface area contributed by atoms with Crippen molar-refractivity contribution in [3.05, 3.63) is 48.0 Å². The molecule has 1 fully saturated rings. The largest absolute Gasteiger partial charge is 0.503 e. The van der Waals surface area contributed by atoms with Crippen molar-refractivity contribution in [2.75, 3.05) is 21.1 Å². The zero-order valence-electron chi connectivity index (χ0n) is 13.8. The first kappa shape index (κ1) is 15.1. The van der Waals surface area contributed by atoms with Crippen LogP contribution in [-0.2, 0) is 0 Å². The molecule has 0 heterocycles. The summed E-state index contributed by atoms with van der Waals surface area (Å²) in [5.74, 6) is 1.12. The molecule has 0 atom stereocenters. The van der Waals surface area contributed by atoms with Gasteiger partial charge in [0.2, 0.25) is 0 Å². The predicted octanol–water partition coefficient (Wildman–Crippen LogP) is 4.91. The highest BCUT2D eigenvalue weighted by molar-refractivity contribution is 5.71. The van der Waals surface area contributed by atoms with Crippen LogP contribution in [0.1, 0.15) is 37.2 Å². The highest BCUT2D eigenvalue weighted by Gasteiger charge is 2.19. The van der Waals surface area contributed by atoms with Crippen molar-refractivity contribution in [2.45, 2.75) is 31.6 Å². The van der Waals surface area contributed by atoms with Gasteiger partial charge < -0.3 is 5.11 Å². The Morgan fingerprint density at radius 1 is 0.864 bits per heavy atom. The molecule has 2 aromatic rings. The molecule has 1 saturated carbocycles. The lowest BCUT2D eigenvalue weighted by Gasteiger charge is -2.24. The normalized spacial score (nSPS) is 16.1. The SMILES string of the molecule is C[N+](C)(C)c1cc(-c2ccc(C3CCCC3)cc2)ccc1O. The number of benzene rings is 2. The van der Waals surface area contributed by atoms with Gasteiger partial charge >= 0.3 is 0 Å². The molecule has 0 amide bonds. The van der Waals surface area contributed by atoms with Crippen molar-refractivity contribution in [3.63, 3.8) is 0 Å². The van der Waals surface area contributed by atoms with Gasteiger partial charge in [-0.15, -0.1) is 0 Å². The third-order valence-electron chi connectivity index (χ3n) is 4.77. The van der Waals surface area contributed by atoms with E-state index in [2.05, 4.69) is 51.5 Å². The quantitative estimate of drug-likeness (QED) is 0.798. The molecule has 0 bridgehead atoms. The summed E-state index contributed by atoms with van der Waals surface area (Å²) in [4.78, 5) is 0. The van der Waals surface area contributed by atoms with Crippen LogP contribution in [-0.4, -0.2) is 26.2 Å². The van der Waals surface area contributed by atoms with E-state index in [0.29, 0.717) is 10.2 Å².